The third-order valence-corrected chi connectivity index (χ3v) is 5.48. The predicted molar refractivity (Wildman–Crippen MR) is 111 cm³/mol. The van der Waals surface area contributed by atoms with Crippen LogP contribution >= 0.6 is 0 Å². The van der Waals surface area contributed by atoms with E-state index in [0.717, 1.165) is 35.0 Å². The normalized spacial score (nSPS) is 18.2. The molecule has 4 aromatic heterocycles. The maximum absolute atomic E-state index is 12.8. The third kappa shape index (κ3) is 2.77. The van der Waals surface area contributed by atoms with Crippen LogP contribution in [-0.2, 0) is 0 Å². The van der Waals surface area contributed by atoms with Crippen molar-refractivity contribution in [3.05, 3.63) is 42.4 Å². The van der Waals surface area contributed by atoms with Crippen molar-refractivity contribution in [1.29, 1.82) is 0 Å². The second-order valence-electron chi connectivity index (χ2n) is 7.37. The van der Waals surface area contributed by atoms with Crippen molar-refractivity contribution >= 4 is 28.7 Å². The first kappa shape index (κ1) is 17.5. The third-order valence-electron chi connectivity index (χ3n) is 5.48. The summed E-state index contributed by atoms with van der Waals surface area (Å²) in [6, 6.07) is 6.12. The van der Waals surface area contributed by atoms with Crippen LogP contribution in [0.3, 0.4) is 0 Å². The first-order valence-electron chi connectivity index (χ1n) is 9.62. The molecule has 0 aromatic carbocycles. The van der Waals surface area contributed by atoms with E-state index in [2.05, 4.69) is 33.0 Å². The summed E-state index contributed by atoms with van der Waals surface area (Å²) in [6.07, 6.45) is 6.24. The highest BCUT2D eigenvalue weighted by Crippen LogP contribution is 2.30. The molecule has 1 aliphatic carbocycles. The van der Waals surface area contributed by atoms with Crippen LogP contribution < -0.4 is 16.0 Å². The molecule has 4 aromatic rings. The molecule has 0 aliphatic heterocycles. The Bertz CT molecular complexity index is 1240. The topological polar surface area (TPSA) is 101 Å². The fraction of sp³-hybridized carbons (Fsp3) is 0.300. The van der Waals surface area contributed by atoms with Crippen molar-refractivity contribution in [2.45, 2.75) is 19.4 Å². The maximum Gasteiger partial charge on any atom is 0.256 e. The SMILES string of the molecule is CNc1ccc(-c2cc(NC)n3ncc(C(=O)N[C@@H]4C[C@@H]4C)c3n2)n2ccnc12. The summed E-state index contributed by atoms with van der Waals surface area (Å²) < 4.78 is 3.63. The molecule has 9 heteroatoms. The lowest BCUT2D eigenvalue weighted by molar-refractivity contribution is 0.0951. The van der Waals surface area contributed by atoms with Crippen LogP contribution in [-0.4, -0.2) is 50.0 Å². The highest BCUT2D eigenvalue weighted by molar-refractivity contribution is 6.00. The first-order valence-corrected chi connectivity index (χ1v) is 9.62. The number of rotatable bonds is 5. The number of hydrogen-bond donors (Lipinski definition) is 3. The molecule has 29 heavy (non-hydrogen) atoms. The van der Waals surface area contributed by atoms with Crippen molar-refractivity contribution in [3.8, 4) is 11.4 Å². The van der Waals surface area contributed by atoms with Crippen LogP contribution in [0.2, 0.25) is 0 Å². The largest absolute Gasteiger partial charge is 0.385 e. The molecule has 4 heterocycles. The number of aromatic nitrogens is 5. The number of fused-ring (bicyclic) bond motifs is 2. The highest BCUT2D eigenvalue weighted by atomic mass is 16.1. The molecule has 3 N–H and O–H groups in total. The minimum atomic E-state index is -0.139. The van der Waals surface area contributed by atoms with Gasteiger partial charge in [-0.1, -0.05) is 6.92 Å². The number of carbonyl (C=O) groups is 1. The van der Waals surface area contributed by atoms with E-state index < -0.39 is 0 Å². The summed E-state index contributed by atoms with van der Waals surface area (Å²) >= 11 is 0. The molecular weight excluding hydrogens is 368 g/mol. The number of anilines is 2. The van der Waals surface area contributed by atoms with Gasteiger partial charge in [0.2, 0.25) is 0 Å². The maximum atomic E-state index is 12.8. The van der Waals surface area contributed by atoms with E-state index in [0.29, 0.717) is 17.1 Å². The van der Waals surface area contributed by atoms with Gasteiger partial charge < -0.3 is 16.0 Å². The molecule has 0 radical (unpaired) electrons. The average Bonchev–Trinajstić information content (AvgIpc) is 3.14. The summed E-state index contributed by atoms with van der Waals surface area (Å²) in [5, 5.41) is 13.7. The molecule has 0 bridgehead atoms. The summed E-state index contributed by atoms with van der Waals surface area (Å²) in [7, 11) is 3.69. The molecule has 9 nitrogen and oxygen atoms in total. The number of nitrogens with one attached hydrogen (secondary N) is 3. The zero-order valence-electron chi connectivity index (χ0n) is 16.5. The van der Waals surface area contributed by atoms with Crippen LogP contribution in [0.4, 0.5) is 11.5 Å². The average molecular weight is 390 g/mol. The minimum Gasteiger partial charge on any atom is -0.385 e. The summed E-state index contributed by atoms with van der Waals surface area (Å²) in [5.41, 5.74) is 4.32. The summed E-state index contributed by atoms with van der Waals surface area (Å²) in [5.74, 6) is 1.13. The van der Waals surface area contributed by atoms with Crippen molar-refractivity contribution in [3.63, 3.8) is 0 Å². The van der Waals surface area contributed by atoms with E-state index in [-0.39, 0.29) is 11.9 Å². The predicted octanol–water partition coefficient (Wildman–Crippen LogP) is 2.27. The van der Waals surface area contributed by atoms with Gasteiger partial charge in [0.05, 0.1) is 23.3 Å². The second-order valence-corrected chi connectivity index (χ2v) is 7.37. The second kappa shape index (κ2) is 6.47. The van der Waals surface area contributed by atoms with Gasteiger partial charge in [0.1, 0.15) is 11.4 Å². The van der Waals surface area contributed by atoms with Gasteiger partial charge in [0, 0.05) is 38.6 Å². The Hall–Kier alpha value is -3.62. The van der Waals surface area contributed by atoms with Gasteiger partial charge in [0.15, 0.2) is 11.3 Å². The molecule has 5 rings (SSSR count). The molecule has 0 saturated heterocycles. The van der Waals surface area contributed by atoms with E-state index >= 15 is 0 Å². The van der Waals surface area contributed by atoms with Crippen molar-refractivity contribution in [1.82, 2.24) is 29.3 Å². The molecule has 2 atom stereocenters. The van der Waals surface area contributed by atoms with Gasteiger partial charge in [-0.25, -0.2) is 9.97 Å². The van der Waals surface area contributed by atoms with Crippen LogP contribution in [0.15, 0.2) is 36.8 Å². The lowest BCUT2D eigenvalue weighted by Crippen LogP contribution is -2.26. The van der Waals surface area contributed by atoms with E-state index in [1.807, 2.05) is 42.9 Å². The minimum absolute atomic E-state index is 0.139. The molecule has 1 amide bonds. The number of pyridine rings is 1. The zero-order valence-corrected chi connectivity index (χ0v) is 16.5. The Labute approximate surface area is 167 Å². The quantitative estimate of drug-likeness (QED) is 0.483. The number of hydrogen-bond acceptors (Lipinski definition) is 6. The Morgan fingerprint density at radius 3 is 2.76 bits per heavy atom. The number of carbonyl (C=O) groups excluding carboxylic acids is 1. The first-order chi connectivity index (χ1) is 14.1. The van der Waals surface area contributed by atoms with Crippen LogP contribution in [0.1, 0.15) is 23.7 Å². The van der Waals surface area contributed by atoms with E-state index in [9.17, 15) is 4.79 Å². The Morgan fingerprint density at radius 2 is 2.03 bits per heavy atom. The molecule has 148 valence electrons. The number of amides is 1. The smallest absolute Gasteiger partial charge is 0.256 e. The summed E-state index contributed by atoms with van der Waals surface area (Å²) in [4.78, 5) is 22.0. The van der Waals surface area contributed by atoms with Gasteiger partial charge in [0.25, 0.3) is 5.91 Å². The highest BCUT2D eigenvalue weighted by Gasteiger charge is 2.34. The van der Waals surface area contributed by atoms with Gasteiger partial charge in [-0.2, -0.15) is 9.61 Å². The lowest BCUT2D eigenvalue weighted by atomic mass is 10.2. The van der Waals surface area contributed by atoms with Crippen LogP contribution in [0, 0.1) is 5.92 Å². The van der Waals surface area contributed by atoms with Crippen molar-refractivity contribution in [2.75, 3.05) is 24.7 Å². The van der Waals surface area contributed by atoms with E-state index in [1.165, 1.54) is 0 Å². The summed E-state index contributed by atoms with van der Waals surface area (Å²) in [6.45, 7) is 2.13. The zero-order chi connectivity index (χ0) is 20.1. The number of nitrogens with zero attached hydrogens (tertiary/aromatic N) is 5. The lowest BCUT2D eigenvalue weighted by Gasteiger charge is -2.11. The van der Waals surface area contributed by atoms with Crippen LogP contribution in [0.25, 0.3) is 22.7 Å². The molecule has 1 aliphatic rings. The fourth-order valence-electron chi connectivity index (χ4n) is 3.62. The Kier molecular flexibility index (Phi) is 3.90. The standard InChI is InChI=1S/C20H22N8O/c1-11-8-14(11)26-20(29)12-10-24-28-17(22-3)9-15(25-18(12)28)16-5-4-13(21-2)19-23-6-7-27(16)19/h4-7,9-11,14,21-22H,8H2,1-3H3,(H,26,29)/t11-,14+/m0/s1. The fourth-order valence-corrected chi connectivity index (χ4v) is 3.62. The van der Waals surface area contributed by atoms with Gasteiger partial charge in [-0.15, -0.1) is 0 Å². The molecule has 0 unspecified atom stereocenters. The van der Waals surface area contributed by atoms with Crippen LogP contribution in [0.5, 0.6) is 0 Å². The van der Waals surface area contributed by atoms with E-state index in [4.69, 9.17) is 4.98 Å². The molecule has 1 fully saturated rings. The van der Waals surface area contributed by atoms with Crippen molar-refractivity contribution in [2.24, 2.45) is 5.92 Å². The van der Waals surface area contributed by atoms with Gasteiger partial charge in [-0.3, -0.25) is 9.20 Å². The Morgan fingerprint density at radius 1 is 1.21 bits per heavy atom. The van der Waals surface area contributed by atoms with Gasteiger partial charge in [-0.05, 0) is 24.5 Å². The molecule has 0 spiro atoms. The monoisotopic (exact) mass is 390 g/mol. The van der Waals surface area contributed by atoms with E-state index in [1.54, 1.807) is 16.9 Å². The molecular formula is C20H22N8O. The number of imidazole rings is 1. The van der Waals surface area contributed by atoms with Crippen molar-refractivity contribution < 1.29 is 4.79 Å². The Balaban J connectivity index is 1.66. The van der Waals surface area contributed by atoms with Gasteiger partial charge >= 0.3 is 0 Å². The molecule has 1 saturated carbocycles.